The quantitative estimate of drug-likeness (QED) is 0.0886. The molecule has 8 nitrogen and oxygen atoms in total. The maximum Gasteiger partial charge on any atom is 0.0703 e. The predicted octanol–water partition coefficient (Wildman–Crippen LogP) is 27.0. The largest absolute Gasteiger partial charge is 0.310 e. The highest BCUT2D eigenvalue weighted by atomic mass is 15.2. The van der Waals surface area contributed by atoms with Crippen LogP contribution in [0.1, 0.15) is 25.0 Å². The van der Waals surface area contributed by atoms with Crippen molar-refractivity contribution in [3.05, 3.63) is 376 Å². The van der Waals surface area contributed by atoms with Crippen molar-refractivity contribution >= 4 is 176 Å². The topological polar surface area (TPSA) is 64.5 Å². The second kappa shape index (κ2) is 24.6. The third kappa shape index (κ3) is 10.1. The summed E-state index contributed by atoms with van der Waals surface area (Å²) >= 11 is 0. The monoisotopic (exact) mass is 1370 g/mol. The number of benzene rings is 16. The van der Waals surface area contributed by atoms with Gasteiger partial charge in [0.2, 0.25) is 0 Å². The fraction of sp³-hybridized carbons (Fsp3) is 0.0303. The Morgan fingerprint density at radius 3 is 0.925 bits per heavy atom. The summed E-state index contributed by atoms with van der Waals surface area (Å²) in [7, 11) is 0. The summed E-state index contributed by atoms with van der Waals surface area (Å²) in [6.07, 6.45) is 7.52. The van der Waals surface area contributed by atoms with Gasteiger partial charge in [-0.3, -0.25) is 19.9 Å². The summed E-state index contributed by atoms with van der Waals surface area (Å²) < 4.78 is 0. The van der Waals surface area contributed by atoms with Crippen LogP contribution < -0.4 is 19.6 Å². The fourth-order valence-corrected chi connectivity index (χ4v) is 17.2. The molecule has 0 spiro atoms. The molecule has 107 heavy (non-hydrogen) atoms. The summed E-state index contributed by atoms with van der Waals surface area (Å²) in [6, 6.07) is 125. The standard InChI is InChI=1S/C99H66N8/c1-99(2)87-60-76(105(72-42-48-90-68(56-72)28-16-52-101-90)94-36-12-24-64-20-4-8-32-78(64)94)39-45-81(87)83-61-85-86(62-88(83)99)97(106(73-43-49-91-69(57-73)29-17-53-102-91)95-37-13-25-65-21-5-9-33-79(65)95)82-46-40-75(104(71-41-47-89-67(55-71)27-15-51-100-89)93-35-11-23-63-19-3-7-31-77(63)93)59-84(82)98(85)107(74-44-50-92-70(58-74)30-18-54-103-92)96-38-14-26-66-22-6-10-34-80(66)96/h3-62H,1-2H3. The van der Waals surface area contributed by atoms with Crippen molar-refractivity contribution in [3.8, 4) is 11.1 Å². The van der Waals surface area contributed by atoms with Gasteiger partial charge < -0.3 is 19.6 Å². The van der Waals surface area contributed by atoms with E-state index >= 15 is 0 Å². The van der Waals surface area contributed by atoms with Crippen LogP contribution in [0.3, 0.4) is 0 Å². The molecule has 0 saturated carbocycles. The lowest BCUT2D eigenvalue weighted by Gasteiger charge is -2.35. The highest BCUT2D eigenvalue weighted by Gasteiger charge is 2.39. The lowest BCUT2D eigenvalue weighted by atomic mass is 9.81. The maximum atomic E-state index is 4.94. The van der Waals surface area contributed by atoms with Gasteiger partial charge in [0.15, 0.2) is 0 Å². The molecule has 4 heterocycles. The van der Waals surface area contributed by atoms with E-state index in [1.807, 2.05) is 49.1 Å². The van der Waals surface area contributed by atoms with Gasteiger partial charge in [-0.1, -0.05) is 196 Å². The van der Waals surface area contributed by atoms with E-state index in [9.17, 15) is 0 Å². The molecule has 0 aliphatic heterocycles. The van der Waals surface area contributed by atoms with Crippen LogP contribution in [0.4, 0.5) is 68.2 Å². The zero-order valence-corrected chi connectivity index (χ0v) is 58.7. The minimum absolute atomic E-state index is 0.531. The van der Waals surface area contributed by atoms with Crippen LogP contribution in [-0.2, 0) is 5.41 Å². The van der Waals surface area contributed by atoms with Crippen molar-refractivity contribution in [2.24, 2.45) is 0 Å². The molecule has 0 bridgehead atoms. The van der Waals surface area contributed by atoms with Crippen molar-refractivity contribution in [3.63, 3.8) is 0 Å². The Bertz CT molecular complexity index is 7040. The SMILES string of the molecule is CC1(C)c2cc(N(c3ccc4ncccc4c3)c3cccc4ccccc34)ccc2-c2cc3c(N(c4ccc5ncccc5c4)c4cccc5ccccc45)c4cc(N(c5ccc6ncccc6c5)c5cccc6ccccc56)ccc4c(N(c4ccc5ncccc5c4)c4cccc5ccccc45)c3cc21. The number of pyridine rings is 4. The van der Waals surface area contributed by atoms with E-state index in [-0.39, 0.29) is 0 Å². The van der Waals surface area contributed by atoms with E-state index in [2.05, 4.69) is 349 Å². The van der Waals surface area contributed by atoms with Crippen LogP contribution in [0, 0.1) is 0 Å². The van der Waals surface area contributed by atoms with E-state index in [0.29, 0.717) is 0 Å². The Kier molecular flexibility index (Phi) is 14.1. The Labute approximate surface area is 618 Å². The van der Waals surface area contributed by atoms with Crippen LogP contribution in [0.5, 0.6) is 0 Å². The molecule has 0 atom stereocenters. The van der Waals surface area contributed by atoms with E-state index in [0.717, 1.165) is 171 Å². The number of hydrogen-bond acceptors (Lipinski definition) is 8. The normalized spacial score (nSPS) is 12.5. The molecule has 8 heteroatoms. The van der Waals surface area contributed by atoms with Crippen LogP contribution >= 0.6 is 0 Å². The first-order valence-corrected chi connectivity index (χ1v) is 36.6. The number of hydrogen-bond donors (Lipinski definition) is 0. The van der Waals surface area contributed by atoms with Gasteiger partial charge in [0.05, 0.1) is 56.2 Å². The molecule has 0 N–H and O–H groups in total. The fourth-order valence-electron chi connectivity index (χ4n) is 17.2. The van der Waals surface area contributed by atoms with Crippen molar-refractivity contribution in [1.29, 1.82) is 0 Å². The average Bonchev–Trinajstić information content (AvgIpc) is 1.67. The van der Waals surface area contributed by atoms with Crippen LogP contribution in [0.2, 0.25) is 0 Å². The Morgan fingerprint density at radius 2 is 0.505 bits per heavy atom. The molecule has 0 saturated heterocycles. The molecule has 20 aromatic rings. The van der Waals surface area contributed by atoms with E-state index in [4.69, 9.17) is 19.9 Å². The highest BCUT2D eigenvalue weighted by Crippen LogP contribution is 2.59. The van der Waals surface area contributed by atoms with Crippen LogP contribution in [-0.4, -0.2) is 19.9 Å². The summed E-state index contributed by atoms with van der Waals surface area (Å²) in [6.45, 7) is 4.86. The summed E-state index contributed by atoms with van der Waals surface area (Å²) in [5.41, 5.74) is 20.4. The molecule has 1 aliphatic rings. The van der Waals surface area contributed by atoms with Crippen molar-refractivity contribution in [1.82, 2.24) is 19.9 Å². The maximum absolute atomic E-state index is 4.94. The lowest BCUT2D eigenvalue weighted by molar-refractivity contribution is 0.661. The van der Waals surface area contributed by atoms with Gasteiger partial charge in [-0.05, 0) is 202 Å². The van der Waals surface area contributed by atoms with Gasteiger partial charge in [0.1, 0.15) is 0 Å². The molecule has 4 aromatic heterocycles. The Hall–Kier alpha value is -14.1. The summed E-state index contributed by atoms with van der Waals surface area (Å²) in [4.78, 5) is 29.5. The molecule has 502 valence electrons. The second-order valence-corrected chi connectivity index (χ2v) is 28.6. The van der Waals surface area contributed by atoms with Crippen molar-refractivity contribution in [2.45, 2.75) is 19.3 Å². The minimum Gasteiger partial charge on any atom is -0.310 e. The van der Waals surface area contributed by atoms with Gasteiger partial charge in [0, 0.05) is 129 Å². The third-order valence-electron chi connectivity index (χ3n) is 22.2. The molecule has 0 unspecified atom stereocenters. The highest BCUT2D eigenvalue weighted by molar-refractivity contribution is 6.27. The first-order valence-electron chi connectivity index (χ1n) is 36.6. The van der Waals surface area contributed by atoms with Gasteiger partial charge in [0.25, 0.3) is 0 Å². The molecule has 0 fully saturated rings. The number of aromatic nitrogens is 4. The number of rotatable bonds is 12. The van der Waals surface area contributed by atoms with Gasteiger partial charge in [-0.15, -0.1) is 0 Å². The van der Waals surface area contributed by atoms with E-state index in [1.165, 1.54) is 27.6 Å². The molecule has 0 radical (unpaired) electrons. The number of fused-ring (bicyclic) bond motifs is 13. The molecule has 16 aromatic carbocycles. The third-order valence-corrected chi connectivity index (χ3v) is 22.2. The van der Waals surface area contributed by atoms with Crippen molar-refractivity contribution < 1.29 is 0 Å². The zero-order valence-electron chi connectivity index (χ0n) is 58.7. The smallest absolute Gasteiger partial charge is 0.0703 e. The average molecular weight is 1370 g/mol. The summed E-state index contributed by atoms with van der Waals surface area (Å²) in [5, 5.41) is 17.6. The second-order valence-electron chi connectivity index (χ2n) is 28.6. The predicted molar refractivity (Wildman–Crippen MR) is 449 cm³/mol. The zero-order chi connectivity index (χ0) is 70.8. The lowest BCUT2D eigenvalue weighted by Crippen LogP contribution is -2.18. The molecular weight excluding hydrogens is 1300 g/mol. The Balaban J connectivity index is 0.925. The van der Waals surface area contributed by atoms with Crippen LogP contribution in [0.15, 0.2) is 365 Å². The molecule has 0 amide bonds. The number of nitrogens with zero attached hydrogens (tertiary/aromatic N) is 8. The summed E-state index contributed by atoms with van der Waals surface area (Å²) in [5.74, 6) is 0. The van der Waals surface area contributed by atoms with E-state index < -0.39 is 5.41 Å². The van der Waals surface area contributed by atoms with E-state index in [1.54, 1.807) is 0 Å². The van der Waals surface area contributed by atoms with Gasteiger partial charge >= 0.3 is 0 Å². The van der Waals surface area contributed by atoms with Crippen LogP contribution in [0.25, 0.3) is 119 Å². The first kappa shape index (κ1) is 61.6. The first-order chi connectivity index (χ1) is 52.8. The van der Waals surface area contributed by atoms with Crippen molar-refractivity contribution in [2.75, 3.05) is 19.6 Å². The molecule has 1 aliphatic carbocycles. The molecular formula is C99H66N8. The molecule has 21 rings (SSSR count). The van der Waals surface area contributed by atoms with Gasteiger partial charge in [-0.25, -0.2) is 0 Å². The number of anilines is 12. The van der Waals surface area contributed by atoms with Gasteiger partial charge in [-0.2, -0.15) is 0 Å². The minimum atomic E-state index is -0.531. The Morgan fingerprint density at radius 1 is 0.206 bits per heavy atom.